The van der Waals surface area contributed by atoms with Gasteiger partial charge in [-0.2, -0.15) is 0 Å². The molecular weight excluding hydrogens is 512 g/mol. The number of likely N-dealkylation sites (tertiary alicyclic amines) is 1. The van der Waals surface area contributed by atoms with E-state index in [1.54, 1.807) is 11.7 Å². The lowest BCUT2D eigenvalue weighted by molar-refractivity contribution is -0.136. The van der Waals surface area contributed by atoms with Crippen LogP contribution in [0.4, 0.5) is 0 Å². The molecule has 0 radical (unpaired) electrons. The standard InChI is InChI=1S/C30H40N4O4S/c1-29(2,37)22(25-5-3-4-24(33-25)19-8-10-38-11-9-19)12-20-6-7-21(20)27(35)23-14-34(17-30(23)15-32-16-30)28(36)26-13-31-18-39-26/h3-5,13,18-23,32,37H,6-12,14-17H2,1-2H3/t20?,21?,22?,23-/m0/s1. The van der Waals surface area contributed by atoms with Crippen molar-refractivity contribution in [3.63, 3.8) is 0 Å². The Morgan fingerprint density at radius 3 is 2.64 bits per heavy atom. The first-order chi connectivity index (χ1) is 18.7. The molecule has 2 aromatic rings. The second-order valence-corrected chi connectivity index (χ2v) is 13.6. The number of carbonyl (C=O) groups is 2. The Bertz CT molecular complexity index is 1190. The molecule has 4 atom stereocenters. The van der Waals surface area contributed by atoms with Gasteiger partial charge in [0.2, 0.25) is 0 Å². The highest BCUT2D eigenvalue weighted by Crippen LogP contribution is 2.49. The number of aliphatic hydroxyl groups is 1. The highest BCUT2D eigenvalue weighted by atomic mass is 32.1. The van der Waals surface area contributed by atoms with Crippen molar-refractivity contribution in [1.29, 1.82) is 0 Å². The fourth-order valence-corrected chi connectivity index (χ4v) is 7.83. The molecule has 0 bridgehead atoms. The summed E-state index contributed by atoms with van der Waals surface area (Å²) in [6.45, 7) is 7.94. The first kappa shape index (κ1) is 27.0. The summed E-state index contributed by atoms with van der Waals surface area (Å²) in [7, 11) is 0. The molecule has 2 N–H and O–H groups in total. The Morgan fingerprint density at radius 2 is 2.03 bits per heavy atom. The van der Waals surface area contributed by atoms with E-state index in [1.165, 1.54) is 11.3 Å². The zero-order valence-corrected chi connectivity index (χ0v) is 23.8. The van der Waals surface area contributed by atoms with Gasteiger partial charge >= 0.3 is 0 Å². The first-order valence-corrected chi connectivity index (χ1v) is 15.3. The molecule has 9 heteroatoms. The van der Waals surface area contributed by atoms with Crippen molar-refractivity contribution < 1.29 is 19.4 Å². The summed E-state index contributed by atoms with van der Waals surface area (Å²) in [6.07, 6.45) is 6.19. The number of hydrogen-bond acceptors (Lipinski definition) is 8. The van der Waals surface area contributed by atoms with Gasteiger partial charge in [0, 0.05) is 79.9 Å². The Labute approximate surface area is 234 Å². The first-order valence-electron chi connectivity index (χ1n) is 14.4. The Hall–Kier alpha value is -2.20. The van der Waals surface area contributed by atoms with Gasteiger partial charge in [0.1, 0.15) is 10.7 Å². The number of ketones is 1. The van der Waals surface area contributed by atoms with Crippen LogP contribution in [0.3, 0.4) is 0 Å². The number of Topliss-reactive ketones (excluding diaryl/α,β-unsaturated/α-hetero) is 1. The third-order valence-corrected chi connectivity index (χ3v) is 10.6. The van der Waals surface area contributed by atoms with Crippen LogP contribution in [-0.2, 0) is 9.53 Å². The lowest BCUT2D eigenvalue weighted by Gasteiger charge is -2.46. The smallest absolute Gasteiger partial charge is 0.265 e. The largest absolute Gasteiger partial charge is 0.390 e. The third-order valence-electron chi connectivity index (χ3n) is 9.84. The fourth-order valence-electron chi connectivity index (χ4n) is 7.24. The van der Waals surface area contributed by atoms with Crippen molar-refractivity contribution in [2.45, 2.75) is 63.4 Å². The Balaban J connectivity index is 1.17. The molecule has 210 valence electrons. The van der Waals surface area contributed by atoms with E-state index >= 15 is 0 Å². The summed E-state index contributed by atoms with van der Waals surface area (Å²) < 4.78 is 5.54. The molecule has 3 unspecified atom stereocenters. The van der Waals surface area contributed by atoms with Crippen molar-refractivity contribution in [3.05, 3.63) is 46.2 Å². The van der Waals surface area contributed by atoms with Crippen molar-refractivity contribution in [2.24, 2.45) is 23.2 Å². The molecule has 2 aromatic heterocycles. The van der Waals surface area contributed by atoms with Gasteiger partial charge in [-0.05, 0) is 64.0 Å². The average molecular weight is 553 g/mol. The maximum absolute atomic E-state index is 14.1. The highest BCUT2D eigenvalue weighted by Gasteiger charge is 2.57. The fraction of sp³-hybridized carbons (Fsp3) is 0.667. The monoisotopic (exact) mass is 552 g/mol. The minimum atomic E-state index is -0.949. The molecule has 6 rings (SSSR count). The number of nitrogens with one attached hydrogen (secondary N) is 1. The van der Waals surface area contributed by atoms with Gasteiger partial charge in [-0.3, -0.25) is 19.6 Å². The minimum Gasteiger partial charge on any atom is -0.390 e. The minimum absolute atomic E-state index is 0.0122. The van der Waals surface area contributed by atoms with Crippen LogP contribution in [0.15, 0.2) is 29.9 Å². The molecule has 4 aliphatic rings. The predicted octanol–water partition coefficient (Wildman–Crippen LogP) is 3.63. The maximum Gasteiger partial charge on any atom is 0.265 e. The van der Waals surface area contributed by atoms with Crippen molar-refractivity contribution >= 4 is 23.0 Å². The molecule has 5 heterocycles. The number of pyridine rings is 1. The van der Waals surface area contributed by atoms with E-state index in [0.29, 0.717) is 29.7 Å². The molecule has 1 aliphatic carbocycles. The van der Waals surface area contributed by atoms with Crippen LogP contribution < -0.4 is 5.32 Å². The Morgan fingerprint density at radius 1 is 1.23 bits per heavy atom. The lowest BCUT2D eigenvalue weighted by atomic mass is 9.60. The van der Waals surface area contributed by atoms with Crippen LogP contribution in [0.5, 0.6) is 0 Å². The molecule has 1 spiro atoms. The van der Waals surface area contributed by atoms with E-state index in [9.17, 15) is 14.7 Å². The number of hydrogen-bond donors (Lipinski definition) is 2. The summed E-state index contributed by atoms with van der Waals surface area (Å²) in [6, 6.07) is 6.20. The average Bonchev–Trinajstić information content (AvgIpc) is 3.57. The van der Waals surface area contributed by atoms with E-state index < -0.39 is 5.60 Å². The summed E-state index contributed by atoms with van der Waals surface area (Å²) >= 11 is 1.35. The molecule has 4 fully saturated rings. The van der Waals surface area contributed by atoms with Crippen molar-refractivity contribution in [3.8, 4) is 0 Å². The molecule has 1 saturated carbocycles. The lowest BCUT2D eigenvalue weighted by Crippen LogP contribution is -2.60. The van der Waals surface area contributed by atoms with Crippen LogP contribution in [0, 0.1) is 23.2 Å². The Kier molecular flexibility index (Phi) is 7.37. The van der Waals surface area contributed by atoms with Crippen LogP contribution in [-0.4, -0.2) is 76.7 Å². The van der Waals surface area contributed by atoms with Gasteiger partial charge in [0.15, 0.2) is 0 Å². The zero-order valence-electron chi connectivity index (χ0n) is 23.0. The van der Waals surface area contributed by atoms with E-state index in [-0.39, 0.29) is 35.0 Å². The number of nitrogens with zero attached hydrogens (tertiary/aromatic N) is 3. The summed E-state index contributed by atoms with van der Waals surface area (Å²) in [5, 5.41) is 14.6. The van der Waals surface area contributed by atoms with Gasteiger partial charge < -0.3 is 20.1 Å². The number of amides is 1. The number of aromatic nitrogens is 2. The number of rotatable bonds is 8. The van der Waals surface area contributed by atoms with Crippen LogP contribution in [0.1, 0.15) is 78.8 Å². The summed E-state index contributed by atoms with van der Waals surface area (Å²) in [4.78, 5) is 38.8. The second-order valence-electron chi connectivity index (χ2n) is 12.7. The molecule has 8 nitrogen and oxygen atoms in total. The normalized spacial score (nSPS) is 27.7. The molecule has 0 aromatic carbocycles. The molecule has 3 saturated heterocycles. The quantitative estimate of drug-likeness (QED) is 0.515. The topological polar surface area (TPSA) is 105 Å². The van der Waals surface area contributed by atoms with E-state index in [0.717, 1.165) is 69.8 Å². The zero-order chi connectivity index (χ0) is 27.2. The highest BCUT2D eigenvalue weighted by molar-refractivity contribution is 7.11. The SMILES string of the molecule is CC(C)(O)C(CC1CCC1C(=O)[C@@H]1CN(C(=O)c2cncs2)CC12CNC2)c1cccc(C2CCOCC2)n1. The summed E-state index contributed by atoms with van der Waals surface area (Å²) in [5.74, 6) is 0.606. The van der Waals surface area contributed by atoms with Crippen LogP contribution in [0.25, 0.3) is 0 Å². The summed E-state index contributed by atoms with van der Waals surface area (Å²) in [5.41, 5.74) is 2.58. The van der Waals surface area contributed by atoms with Crippen molar-refractivity contribution in [2.75, 3.05) is 39.4 Å². The number of carbonyl (C=O) groups excluding carboxylic acids is 2. The molecular formula is C30H40N4O4S. The molecule has 1 amide bonds. The maximum atomic E-state index is 14.1. The van der Waals surface area contributed by atoms with Gasteiger partial charge in [-0.1, -0.05) is 6.07 Å². The van der Waals surface area contributed by atoms with Crippen LogP contribution in [0.2, 0.25) is 0 Å². The van der Waals surface area contributed by atoms with Gasteiger partial charge in [-0.15, -0.1) is 11.3 Å². The number of thiazole rings is 1. The van der Waals surface area contributed by atoms with Gasteiger partial charge in [0.05, 0.1) is 17.3 Å². The molecule has 3 aliphatic heterocycles. The number of ether oxygens (including phenoxy) is 1. The van der Waals surface area contributed by atoms with Crippen molar-refractivity contribution in [1.82, 2.24) is 20.2 Å². The third kappa shape index (κ3) is 5.19. The van der Waals surface area contributed by atoms with Gasteiger partial charge in [0.25, 0.3) is 5.91 Å². The van der Waals surface area contributed by atoms with E-state index in [1.807, 2.05) is 24.8 Å². The van der Waals surface area contributed by atoms with E-state index in [2.05, 4.69) is 22.4 Å². The van der Waals surface area contributed by atoms with Gasteiger partial charge in [-0.25, -0.2) is 0 Å². The second kappa shape index (κ2) is 10.7. The predicted molar refractivity (Wildman–Crippen MR) is 149 cm³/mol. The molecule has 39 heavy (non-hydrogen) atoms. The van der Waals surface area contributed by atoms with E-state index in [4.69, 9.17) is 9.72 Å². The van der Waals surface area contributed by atoms with Crippen LogP contribution >= 0.6 is 11.3 Å².